The van der Waals surface area contributed by atoms with E-state index >= 15 is 0 Å². The molecule has 0 radical (unpaired) electrons. The van der Waals surface area contributed by atoms with Crippen LogP contribution in [0.3, 0.4) is 0 Å². The van der Waals surface area contributed by atoms with Crippen molar-refractivity contribution in [1.82, 2.24) is 10.3 Å². The quantitative estimate of drug-likeness (QED) is 0.755. The molecule has 1 fully saturated rings. The van der Waals surface area contributed by atoms with Crippen LogP contribution in [0.4, 0.5) is 5.82 Å². The van der Waals surface area contributed by atoms with E-state index in [-0.39, 0.29) is 5.91 Å². The van der Waals surface area contributed by atoms with Gasteiger partial charge in [0.15, 0.2) is 0 Å². The molecule has 0 saturated carbocycles. The molecule has 1 saturated heterocycles. The lowest BCUT2D eigenvalue weighted by Gasteiger charge is -2.21. The van der Waals surface area contributed by atoms with E-state index in [2.05, 4.69) is 27.8 Å². The lowest BCUT2D eigenvalue weighted by molar-refractivity contribution is 0.0951. The van der Waals surface area contributed by atoms with Crippen molar-refractivity contribution >= 4 is 11.7 Å². The van der Waals surface area contributed by atoms with Crippen molar-refractivity contribution < 1.29 is 9.53 Å². The van der Waals surface area contributed by atoms with Gasteiger partial charge in [-0.3, -0.25) is 4.79 Å². The summed E-state index contributed by atoms with van der Waals surface area (Å²) in [5.74, 6) is 1.63. The van der Waals surface area contributed by atoms with Gasteiger partial charge in [-0.25, -0.2) is 4.98 Å². The van der Waals surface area contributed by atoms with Gasteiger partial charge in [-0.2, -0.15) is 0 Å². The molecule has 1 amide bonds. The summed E-state index contributed by atoms with van der Waals surface area (Å²) in [6, 6.07) is 11.2. The molecule has 5 nitrogen and oxygen atoms in total. The minimum atomic E-state index is -0.0987. The van der Waals surface area contributed by atoms with E-state index in [1.54, 1.807) is 30.3 Å². The zero-order valence-corrected chi connectivity index (χ0v) is 15.7. The SMILES string of the molecule is C=CCOc1ccc(C(=O)NCc2ccnc(N3CCCCCC3)c2)cc1. The number of nitrogens with one attached hydrogen (secondary N) is 1. The summed E-state index contributed by atoms with van der Waals surface area (Å²) in [5.41, 5.74) is 1.67. The minimum Gasteiger partial charge on any atom is -0.490 e. The zero-order valence-electron chi connectivity index (χ0n) is 15.7. The summed E-state index contributed by atoms with van der Waals surface area (Å²) in [4.78, 5) is 19.2. The molecule has 142 valence electrons. The van der Waals surface area contributed by atoms with Crippen LogP contribution in [0.5, 0.6) is 5.75 Å². The van der Waals surface area contributed by atoms with Crippen LogP contribution >= 0.6 is 0 Å². The van der Waals surface area contributed by atoms with Crippen LogP contribution in [0.15, 0.2) is 55.3 Å². The molecule has 1 aliphatic heterocycles. The summed E-state index contributed by atoms with van der Waals surface area (Å²) in [7, 11) is 0. The molecule has 0 unspecified atom stereocenters. The van der Waals surface area contributed by atoms with Crippen LogP contribution in [-0.4, -0.2) is 30.6 Å². The van der Waals surface area contributed by atoms with E-state index in [4.69, 9.17) is 4.74 Å². The van der Waals surface area contributed by atoms with Crippen LogP contribution in [0, 0.1) is 0 Å². The Kier molecular flexibility index (Phi) is 6.85. The normalized spacial score (nSPS) is 14.3. The number of nitrogens with zero attached hydrogens (tertiary/aromatic N) is 2. The van der Waals surface area contributed by atoms with Crippen molar-refractivity contribution in [3.05, 3.63) is 66.4 Å². The molecule has 0 bridgehead atoms. The molecule has 2 aromatic rings. The highest BCUT2D eigenvalue weighted by molar-refractivity contribution is 5.94. The number of ether oxygens (including phenoxy) is 1. The number of amides is 1. The third-order valence-electron chi connectivity index (χ3n) is 4.68. The first-order valence-electron chi connectivity index (χ1n) is 9.58. The number of carbonyl (C=O) groups is 1. The highest BCUT2D eigenvalue weighted by Crippen LogP contribution is 2.18. The van der Waals surface area contributed by atoms with Crippen LogP contribution in [0.25, 0.3) is 0 Å². The van der Waals surface area contributed by atoms with E-state index in [0.717, 1.165) is 30.2 Å². The van der Waals surface area contributed by atoms with Crippen LogP contribution < -0.4 is 15.0 Å². The molecule has 1 aliphatic rings. The van der Waals surface area contributed by atoms with Gasteiger partial charge in [-0.1, -0.05) is 25.5 Å². The molecular formula is C22H27N3O2. The number of hydrogen-bond donors (Lipinski definition) is 1. The Morgan fingerprint density at radius 2 is 1.89 bits per heavy atom. The first-order chi connectivity index (χ1) is 13.3. The van der Waals surface area contributed by atoms with E-state index in [1.807, 2.05) is 12.3 Å². The number of hydrogen-bond acceptors (Lipinski definition) is 4. The Labute approximate surface area is 161 Å². The molecule has 1 N–H and O–H groups in total. The Hall–Kier alpha value is -2.82. The Morgan fingerprint density at radius 1 is 1.15 bits per heavy atom. The van der Waals surface area contributed by atoms with Crippen molar-refractivity contribution in [2.75, 3.05) is 24.6 Å². The van der Waals surface area contributed by atoms with Gasteiger partial charge in [-0.15, -0.1) is 0 Å². The summed E-state index contributed by atoms with van der Waals surface area (Å²) in [6.07, 6.45) is 8.54. The predicted molar refractivity (Wildman–Crippen MR) is 108 cm³/mol. The van der Waals surface area contributed by atoms with Gasteiger partial charge in [0.05, 0.1) is 0 Å². The lowest BCUT2D eigenvalue weighted by Crippen LogP contribution is -2.26. The highest BCUT2D eigenvalue weighted by Gasteiger charge is 2.12. The van der Waals surface area contributed by atoms with E-state index in [1.165, 1.54) is 25.7 Å². The smallest absolute Gasteiger partial charge is 0.251 e. The largest absolute Gasteiger partial charge is 0.490 e. The van der Waals surface area contributed by atoms with Gasteiger partial charge in [-0.05, 0) is 54.8 Å². The first kappa shape index (κ1) is 19.0. The van der Waals surface area contributed by atoms with Crippen LogP contribution in [0.2, 0.25) is 0 Å². The summed E-state index contributed by atoms with van der Waals surface area (Å²) >= 11 is 0. The van der Waals surface area contributed by atoms with Crippen molar-refractivity contribution in [3.8, 4) is 5.75 Å². The summed E-state index contributed by atoms with van der Waals surface area (Å²) < 4.78 is 5.44. The third kappa shape index (κ3) is 5.58. The first-order valence-corrected chi connectivity index (χ1v) is 9.58. The van der Waals surface area contributed by atoms with Crippen LogP contribution in [0.1, 0.15) is 41.6 Å². The second kappa shape index (κ2) is 9.76. The number of carbonyl (C=O) groups excluding carboxylic acids is 1. The maximum absolute atomic E-state index is 12.4. The molecule has 0 spiro atoms. The number of aromatic nitrogens is 1. The van der Waals surface area contributed by atoms with Crippen LogP contribution in [-0.2, 0) is 6.54 Å². The van der Waals surface area contributed by atoms with E-state index in [9.17, 15) is 4.79 Å². The molecule has 1 aromatic carbocycles. The average molecular weight is 365 g/mol. The van der Waals surface area contributed by atoms with Crippen molar-refractivity contribution in [2.45, 2.75) is 32.2 Å². The molecule has 2 heterocycles. The van der Waals surface area contributed by atoms with Crippen molar-refractivity contribution in [1.29, 1.82) is 0 Å². The number of anilines is 1. The maximum atomic E-state index is 12.4. The topological polar surface area (TPSA) is 54.5 Å². The van der Waals surface area contributed by atoms with Gasteiger partial charge >= 0.3 is 0 Å². The second-order valence-electron chi connectivity index (χ2n) is 6.73. The summed E-state index contributed by atoms with van der Waals surface area (Å²) in [6.45, 7) is 6.67. The van der Waals surface area contributed by atoms with Crippen molar-refractivity contribution in [2.24, 2.45) is 0 Å². The molecule has 0 aliphatic carbocycles. The Morgan fingerprint density at radius 3 is 2.59 bits per heavy atom. The summed E-state index contributed by atoms with van der Waals surface area (Å²) in [5, 5.41) is 2.98. The van der Waals surface area contributed by atoms with Gasteiger partial charge < -0.3 is 15.0 Å². The molecule has 5 heteroatoms. The monoisotopic (exact) mass is 365 g/mol. The fourth-order valence-corrected chi connectivity index (χ4v) is 3.19. The second-order valence-corrected chi connectivity index (χ2v) is 6.73. The molecule has 27 heavy (non-hydrogen) atoms. The minimum absolute atomic E-state index is 0.0987. The van der Waals surface area contributed by atoms with E-state index < -0.39 is 0 Å². The highest BCUT2D eigenvalue weighted by atomic mass is 16.5. The number of rotatable bonds is 7. The fraction of sp³-hybridized carbons (Fsp3) is 0.364. The van der Waals surface area contributed by atoms with Crippen molar-refractivity contribution in [3.63, 3.8) is 0 Å². The average Bonchev–Trinajstić information content (AvgIpc) is 3.01. The van der Waals surface area contributed by atoms with Gasteiger partial charge in [0.25, 0.3) is 5.91 Å². The molecule has 3 rings (SSSR count). The molecular weight excluding hydrogens is 338 g/mol. The maximum Gasteiger partial charge on any atom is 0.251 e. The number of benzene rings is 1. The number of pyridine rings is 1. The zero-order chi connectivity index (χ0) is 18.9. The van der Waals surface area contributed by atoms with Gasteiger partial charge in [0, 0.05) is 31.4 Å². The predicted octanol–water partition coefficient (Wildman–Crippen LogP) is 3.96. The lowest BCUT2D eigenvalue weighted by atomic mass is 10.2. The fourth-order valence-electron chi connectivity index (χ4n) is 3.19. The molecule has 1 aromatic heterocycles. The third-order valence-corrected chi connectivity index (χ3v) is 4.68. The van der Waals surface area contributed by atoms with E-state index in [0.29, 0.717) is 18.7 Å². The van der Waals surface area contributed by atoms with Gasteiger partial charge in [0.2, 0.25) is 0 Å². The molecule has 0 atom stereocenters. The Bertz CT molecular complexity index is 750. The standard InChI is InChI=1S/C22H27N3O2/c1-2-15-27-20-9-7-19(8-10-20)22(26)24-17-18-11-12-23-21(16-18)25-13-5-3-4-6-14-25/h2,7-12,16H,1,3-6,13-15,17H2,(H,24,26). The Balaban J connectivity index is 1.56. The van der Waals surface area contributed by atoms with Gasteiger partial charge in [0.1, 0.15) is 18.2 Å².